The molecule has 1 aliphatic rings. The van der Waals surface area contributed by atoms with E-state index < -0.39 is 0 Å². The van der Waals surface area contributed by atoms with Gasteiger partial charge in [0.25, 0.3) is 0 Å². The van der Waals surface area contributed by atoms with E-state index in [9.17, 15) is 4.79 Å². The van der Waals surface area contributed by atoms with Crippen molar-refractivity contribution in [2.45, 2.75) is 20.0 Å². The van der Waals surface area contributed by atoms with Gasteiger partial charge in [0.2, 0.25) is 5.91 Å². The van der Waals surface area contributed by atoms with Crippen molar-refractivity contribution >= 4 is 12.0 Å². The van der Waals surface area contributed by atoms with Crippen LogP contribution in [0.1, 0.15) is 19.4 Å². The molecule has 1 aliphatic heterocycles. The van der Waals surface area contributed by atoms with E-state index in [-0.39, 0.29) is 12.0 Å². The van der Waals surface area contributed by atoms with Gasteiger partial charge in [-0.25, -0.2) is 0 Å². The second-order valence-corrected chi connectivity index (χ2v) is 5.15. The largest absolute Gasteiger partial charge is 0.491 e. The summed E-state index contributed by atoms with van der Waals surface area (Å²) in [5.74, 6) is 0.901. The van der Waals surface area contributed by atoms with Crippen LogP contribution < -0.4 is 10.1 Å². The predicted octanol–water partition coefficient (Wildman–Crippen LogP) is 1.92. The molecule has 0 atom stereocenters. The van der Waals surface area contributed by atoms with E-state index in [2.05, 4.69) is 5.32 Å². The van der Waals surface area contributed by atoms with Gasteiger partial charge in [0.1, 0.15) is 5.75 Å². The fourth-order valence-corrected chi connectivity index (χ4v) is 2.12. The van der Waals surface area contributed by atoms with Crippen LogP contribution in [0.5, 0.6) is 5.75 Å². The van der Waals surface area contributed by atoms with E-state index in [0.717, 1.165) is 37.5 Å². The highest BCUT2D eigenvalue weighted by Gasteiger charge is 2.13. The van der Waals surface area contributed by atoms with Crippen LogP contribution in [0.15, 0.2) is 30.3 Å². The van der Waals surface area contributed by atoms with Crippen molar-refractivity contribution in [3.8, 4) is 5.75 Å². The monoisotopic (exact) mass is 274 g/mol. The van der Waals surface area contributed by atoms with E-state index >= 15 is 0 Å². The summed E-state index contributed by atoms with van der Waals surface area (Å²) >= 11 is 0. The second-order valence-electron chi connectivity index (χ2n) is 5.15. The van der Waals surface area contributed by atoms with Gasteiger partial charge in [-0.15, -0.1) is 0 Å². The molecule has 0 bridgehead atoms. The van der Waals surface area contributed by atoms with Crippen molar-refractivity contribution in [2.75, 3.05) is 26.2 Å². The van der Waals surface area contributed by atoms with Gasteiger partial charge < -0.3 is 15.0 Å². The third-order valence-corrected chi connectivity index (χ3v) is 3.08. The molecule has 1 aromatic rings. The third kappa shape index (κ3) is 4.38. The highest BCUT2D eigenvalue weighted by molar-refractivity contribution is 5.91. The maximum Gasteiger partial charge on any atom is 0.246 e. The Morgan fingerprint density at radius 2 is 2.10 bits per heavy atom. The molecule has 1 amide bonds. The number of ether oxygens (including phenoxy) is 1. The average Bonchev–Trinajstić information content (AvgIpc) is 2.45. The van der Waals surface area contributed by atoms with Crippen LogP contribution in [-0.4, -0.2) is 43.1 Å². The number of piperazine rings is 1. The van der Waals surface area contributed by atoms with Crippen LogP contribution in [-0.2, 0) is 4.79 Å². The van der Waals surface area contributed by atoms with Crippen LogP contribution in [0.3, 0.4) is 0 Å². The van der Waals surface area contributed by atoms with Crippen LogP contribution in [0.2, 0.25) is 0 Å². The lowest BCUT2D eigenvalue weighted by molar-refractivity contribution is -0.126. The standard InChI is InChI=1S/C16H22N2O2/c1-13(2)20-15-5-3-4-14(12-15)6-7-16(19)18-10-8-17-9-11-18/h3-7,12-13,17H,8-11H2,1-2H3/b7-6+. The summed E-state index contributed by atoms with van der Waals surface area (Å²) < 4.78 is 5.64. The Morgan fingerprint density at radius 1 is 1.35 bits per heavy atom. The minimum atomic E-state index is 0.0710. The average molecular weight is 274 g/mol. The molecule has 4 nitrogen and oxygen atoms in total. The smallest absolute Gasteiger partial charge is 0.246 e. The molecular weight excluding hydrogens is 252 g/mol. The summed E-state index contributed by atoms with van der Waals surface area (Å²) in [4.78, 5) is 13.9. The topological polar surface area (TPSA) is 41.6 Å². The summed E-state index contributed by atoms with van der Waals surface area (Å²) in [6.45, 7) is 7.29. The molecule has 108 valence electrons. The number of hydrogen-bond donors (Lipinski definition) is 1. The Morgan fingerprint density at radius 3 is 2.80 bits per heavy atom. The summed E-state index contributed by atoms with van der Waals surface area (Å²) in [6, 6.07) is 7.78. The van der Waals surface area contributed by atoms with Gasteiger partial charge in [0.15, 0.2) is 0 Å². The first kappa shape index (κ1) is 14.6. The Bertz CT molecular complexity index is 477. The number of carbonyl (C=O) groups is 1. The van der Waals surface area contributed by atoms with Crippen molar-refractivity contribution in [3.63, 3.8) is 0 Å². The molecular formula is C16H22N2O2. The molecule has 1 N–H and O–H groups in total. The van der Waals surface area contributed by atoms with Crippen LogP contribution >= 0.6 is 0 Å². The lowest BCUT2D eigenvalue weighted by Crippen LogP contribution is -2.45. The fourth-order valence-electron chi connectivity index (χ4n) is 2.12. The Labute approximate surface area is 120 Å². The molecule has 1 saturated heterocycles. The molecule has 0 aliphatic carbocycles. The van der Waals surface area contributed by atoms with Crippen molar-refractivity contribution in [3.05, 3.63) is 35.9 Å². The number of rotatable bonds is 4. The van der Waals surface area contributed by atoms with E-state index in [1.54, 1.807) is 6.08 Å². The van der Waals surface area contributed by atoms with Crippen molar-refractivity contribution in [1.29, 1.82) is 0 Å². The first-order chi connectivity index (χ1) is 9.65. The molecule has 1 aromatic carbocycles. The van der Waals surface area contributed by atoms with E-state index in [4.69, 9.17) is 4.74 Å². The van der Waals surface area contributed by atoms with Gasteiger partial charge >= 0.3 is 0 Å². The van der Waals surface area contributed by atoms with Gasteiger partial charge in [0, 0.05) is 32.3 Å². The third-order valence-electron chi connectivity index (χ3n) is 3.08. The number of benzene rings is 1. The first-order valence-electron chi connectivity index (χ1n) is 7.09. The summed E-state index contributed by atoms with van der Waals surface area (Å²) in [7, 11) is 0. The van der Waals surface area contributed by atoms with E-state index in [0.29, 0.717) is 0 Å². The molecule has 0 radical (unpaired) electrons. The normalized spacial score (nSPS) is 15.8. The van der Waals surface area contributed by atoms with Gasteiger partial charge in [-0.1, -0.05) is 12.1 Å². The van der Waals surface area contributed by atoms with Crippen molar-refractivity contribution < 1.29 is 9.53 Å². The van der Waals surface area contributed by atoms with Crippen LogP contribution in [0, 0.1) is 0 Å². The molecule has 2 rings (SSSR count). The molecule has 1 heterocycles. The SMILES string of the molecule is CC(C)Oc1cccc(/C=C/C(=O)N2CCNCC2)c1. The maximum atomic E-state index is 12.0. The van der Waals surface area contributed by atoms with Gasteiger partial charge in [-0.3, -0.25) is 4.79 Å². The van der Waals surface area contributed by atoms with Crippen LogP contribution in [0.4, 0.5) is 0 Å². The number of hydrogen-bond acceptors (Lipinski definition) is 3. The first-order valence-corrected chi connectivity index (χ1v) is 7.09. The minimum Gasteiger partial charge on any atom is -0.491 e. The summed E-state index contributed by atoms with van der Waals surface area (Å²) in [5, 5.41) is 3.23. The quantitative estimate of drug-likeness (QED) is 0.853. The van der Waals surface area contributed by atoms with E-state index in [1.807, 2.05) is 49.1 Å². The Balaban J connectivity index is 1.97. The molecule has 0 unspecified atom stereocenters. The second kappa shape index (κ2) is 7.10. The number of amides is 1. The zero-order valence-corrected chi connectivity index (χ0v) is 12.1. The highest BCUT2D eigenvalue weighted by Crippen LogP contribution is 2.16. The highest BCUT2D eigenvalue weighted by atomic mass is 16.5. The number of nitrogens with zero attached hydrogens (tertiary/aromatic N) is 1. The fraction of sp³-hybridized carbons (Fsp3) is 0.438. The number of nitrogens with one attached hydrogen (secondary N) is 1. The maximum absolute atomic E-state index is 12.0. The minimum absolute atomic E-state index is 0.0710. The molecule has 0 aromatic heterocycles. The molecule has 4 heteroatoms. The van der Waals surface area contributed by atoms with Crippen LogP contribution in [0.25, 0.3) is 6.08 Å². The molecule has 0 spiro atoms. The lowest BCUT2D eigenvalue weighted by atomic mass is 10.2. The number of carbonyl (C=O) groups excluding carboxylic acids is 1. The van der Waals surface area contributed by atoms with Gasteiger partial charge in [-0.05, 0) is 37.6 Å². The van der Waals surface area contributed by atoms with Gasteiger partial charge in [0.05, 0.1) is 6.10 Å². The van der Waals surface area contributed by atoms with Gasteiger partial charge in [-0.2, -0.15) is 0 Å². The Kier molecular flexibility index (Phi) is 5.18. The van der Waals surface area contributed by atoms with Crippen molar-refractivity contribution in [1.82, 2.24) is 10.2 Å². The molecule has 1 fully saturated rings. The lowest BCUT2D eigenvalue weighted by Gasteiger charge is -2.26. The zero-order chi connectivity index (χ0) is 14.4. The summed E-state index contributed by atoms with van der Waals surface area (Å²) in [5.41, 5.74) is 0.978. The Hall–Kier alpha value is -1.81. The predicted molar refractivity (Wildman–Crippen MR) is 80.7 cm³/mol. The summed E-state index contributed by atoms with van der Waals surface area (Å²) in [6.07, 6.45) is 3.63. The zero-order valence-electron chi connectivity index (χ0n) is 12.1. The molecule has 0 saturated carbocycles. The van der Waals surface area contributed by atoms with E-state index in [1.165, 1.54) is 0 Å². The molecule has 20 heavy (non-hydrogen) atoms. The van der Waals surface area contributed by atoms with Crippen molar-refractivity contribution in [2.24, 2.45) is 0 Å².